The smallest absolute Gasteiger partial charge is 0.309 e. The maximum absolute atomic E-state index is 11.5. The summed E-state index contributed by atoms with van der Waals surface area (Å²) in [6.45, 7) is 7.04. The van der Waals surface area contributed by atoms with Crippen LogP contribution in [0.3, 0.4) is 0 Å². The Hall–Kier alpha value is -0.750. The molecule has 0 fully saturated rings. The maximum atomic E-state index is 11.5. The van der Waals surface area contributed by atoms with Gasteiger partial charge in [-0.3, -0.25) is 9.59 Å². The molecule has 0 aliphatic rings. The van der Waals surface area contributed by atoms with E-state index in [2.05, 4.69) is 10.1 Å². The average molecular weight is 291 g/mol. The minimum atomic E-state index is -0.237. The lowest BCUT2D eigenvalue weighted by molar-refractivity contribution is -0.144. The molecule has 0 aromatic carbocycles. The van der Waals surface area contributed by atoms with Crippen LogP contribution in [0, 0.1) is 5.92 Å². The Morgan fingerprint density at radius 2 is 1.95 bits per heavy atom. The Kier molecular flexibility index (Phi) is 10.7. The van der Waals surface area contributed by atoms with Gasteiger partial charge in [0.05, 0.1) is 24.9 Å². The Morgan fingerprint density at radius 3 is 2.53 bits per heavy atom. The molecule has 6 heteroatoms. The van der Waals surface area contributed by atoms with Gasteiger partial charge in [0.15, 0.2) is 0 Å². The van der Waals surface area contributed by atoms with Crippen LogP contribution < -0.4 is 5.32 Å². The van der Waals surface area contributed by atoms with Crippen molar-refractivity contribution in [2.45, 2.75) is 33.3 Å². The Bertz CT molecular complexity index is 271. The summed E-state index contributed by atoms with van der Waals surface area (Å²) in [5, 5.41) is 2.82. The third-order valence-electron chi connectivity index (χ3n) is 2.30. The van der Waals surface area contributed by atoms with E-state index in [9.17, 15) is 9.59 Å². The second-order valence-electron chi connectivity index (χ2n) is 4.56. The summed E-state index contributed by atoms with van der Waals surface area (Å²) in [6, 6.07) is 0. The van der Waals surface area contributed by atoms with Gasteiger partial charge in [-0.1, -0.05) is 6.92 Å². The van der Waals surface area contributed by atoms with Gasteiger partial charge in [-0.15, -0.1) is 0 Å². The molecule has 0 saturated carbocycles. The zero-order chi connectivity index (χ0) is 14.7. The number of esters is 1. The van der Waals surface area contributed by atoms with E-state index in [-0.39, 0.29) is 23.9 Å². The van der Waals surface area contributed by atoms with E-state index < -0.39 is 0 Å². The fourth-order valence-electron chi connectivity index (χ4n) is 1.27. The summed E-state index contributed by atoms with van der Waals surface area (Å²) < 4.78 is 9.98. The number of carbonyl (C=O) groups is 2. The molecule has 0 aromatic rings. The van der Waals surface area contributed by atoms with Gasteiger partial charge in [0, 0.05) is 18.9 Å². The Balaban J connectivity index is 3.47. The second kappa shape index (κ2) is 11.1. The van der Waals surface area contributed by atoms with Crippen LogP contribution in [0.2, 0.25) is 0 Å². The van der Waals surface area contributed by atoms with Crippen LogP contribution in [0.5, 0.6) is 0 Å². The minimum absolute atomic E-state index is 0.00777. The highest BCUT2D eigenvalue weighted by atomic mass is 32.2. The summed E-state index contributed by atoms with van der Waals surface area (Å²) in [7, 11) is 1.37. The lowest BCUT2D eigenvalue weighted by Crippen LogP contribution is -2.27. The van der Waals surface area contributed by atoms with Crippen molar-refractivity contribution in [2.75, 3.05) is 31.8 Å². The molecule has 1 N–H and O–H groups in total. The van der Waals surface area contributed by atoms with Crippen LogP contribution in [0.4, 0.5) is 0 Å². The lowest BCUT2D eigenvalue weighted by Gasteiger charge is -2.09. The SMILES string of the molecule is COC(=O)C(C)CSCC(=O)NCCCOC(C)C. The Morgan fingerprint density at radius 1 is 1.26 bits per heavy atom. The molecule has 1 unspecified atom stereocenters. The van der Waals surface area contributed by atoms with E-state index >= 15 is 0 Å². The molecule has 0 saturated heterocycles. The maximum Gasteiger partial charge on any atom is 0.309 e. The third-order valence-corrected chi connectivity index (χ3v) is 3.50. The molecule has 0 spiro atoms. The first kappa shape index (κ1) is 18.2. The van der Waals surface area contributed by atoms with Crippen LogP contribution in [0.25, 0.3) is 0 Å². The number of methoxy groups -OCH3 is 1. The molecule has 19 heavy (non-hydrogen) atoms. The summed E-state index contributed by atoms with van der Waals surface area (Å²) >= 11 is 1.44. The molecule has 1 atom stereocenters. The molecule has 1 amide bonds. The average Bonchev–Trinajstić information content (AvgIpc) is 2.36. The molecule has 0 aliphatic heterocycles. The number of carbonyl (C=O) groups excluding carboxylic acids is 2. The number of rotatable bonds is 10. The van der Waals surface area contributed by atoms with E-state index in [1.54, 1.807) is 6.92 Å². The van der Waals surface area contributed by atoms with Crippen LogP contribution in [0.1, 0.15) is 27.2 Å². The van der Waals surface area contributed by atoms with Crippen molar-refractivity contribution in [3.8, 4) is 0 Å². The number of hydrogen-bond acceptors (Lipinski definition) is 5. The zero-order valence-electron chi connectivity index (χ0n) is 12.2. The van der Waals surface area contributed by atoms with Gasteiger partial charge in [0.25, 0.3) is 0 Å². The Labute approximate surface area is 119 Å². The van der Waals surface area contributed by atoms with Crippen molar-refractivity contribution in [1.29, 1.82) is 0 Å². The molecule has 0 aliphatic carbocycles. The van der Waals surface area contributed by atoms with E-state index in [0.29, 0.717) is 24.7 Å². The van der Waals surface area contributed by atoms with Crippen LogP contribution in [-0.2, 0) is 19.1 Å². The van der Waals surface area contributed by atoms with Crippen molar-refractivity contribution in [1.82, 2.24) is 5.32 Å². The summed E-state index contributed by atoms with van der Waals surface area (Å²) in [5.74, 6) is 0.538. The van der Waals surface area contributed by atoms with Gasteiger partial charge >= 0.3 is 5.97 Å². The lowest BCUT2D eigenvalue weighted by atomic mass is 10.2. The predicted octanol–water partition coefficient (Wildman–Crippen LogP) is 1.46. The summed E-state index contributed by atoms with van der Waals surface area (Å²) in [5.41, 5.74) is 0. The zero-order valence-corrected chi connectivity index (χ0v) is 13.0. The third kappa shape index (κ3) is 10.8. The van der Waals surface area contributed by atoms with Crippen LogP contribution in [-0.4, -0.2) is 49.7 Å². The van der Waals surface area contributed by atoms with E-state index in [1.165, 1.54) is 18.9 Å². The quantitative estimate of drug-likeness (QED) is 0.487. The molecule has 0 bridgehead atoms. The molecule has 5 nitrogen and oxygen atoms in total. The molecular weight excluding hydrogens is 266 g/mol. The van der Waals surface area contributed by atoms with Crippen LogP contribution in [0.15, 0.2) is 0 Å². The molecule has 0 rings (SSSR count). The number of amides is 1. The van der Waals surface area contributed by atoms with Crippen molar-refractivity contribution >= 4 is 23.6 Å². The fourth-order valence-corrected chi connectivity index (χ4v) is 2.16. The predicted molar refractivity (Wildman–Crippen MR) is 77.2 cm³/mol. The summed E-state index contributed by atoms with van der Waals surface area (Å²) in [4.78, 5) is 22.6. The molecule has 0 heterocycles. The number of ether oxygens (including phenoxy) is 2. The van der Waals surface area contributed by atoms with Crippen molar-refractivity contribution in [3.05, 3.63) is 0 Å². The van der Waals surface area contributed by atoms with Crippen molar-refractivity contribution < 1.29 is 19.1 Å². The van der Waals surface area contributed by atoms with E-state index in [1.807, 2.05) is 13.8 Å². The van der Waals surface area contributed by atoms with E-state index in [4.69, 9.17) is 4.74 Å². The minimum Gasteiger partial charge on any atom is -0.469 e. The first-order valence-corrected chi connectivity index (χ1v) is 7.66. The monoisotopic (exact) mass is 291 g/mol. The highest BCUT2D eigenvalue weighted by Gasteiger charge is 2.13. The van der Waals surface area contributed by atoms with Gasteiger partial charge in [0.2, 0.25) is 5.91 Å². The van der Waals surface area contributed by atoms with Gasteiger partial charge < -0.3 is 14.8 Å². The fraction of sp³-hybridized carbons (Fsp3) is 0.846. The van der Waals surface area contributed by atoms with Gasteiger partial charge in [-0.2, -0.15) is 11.8 Å². The van der Waals surface area contributed by atoms with Crippen LogP contribution >= 0.6 is 11.8 Å². The van der Waals surface area contributed by atoms with Crippen molar-refractivity contribution in [2.24, 2.45) is 5.92 Å². The highest BCUT2D eigenvalue weighted by molar-refractivity contribution is 7.99. The standard InChI is InChI=1S/C13H25NO4S/c1-10(2)18-7-5-6-14-12(15)9-19-8-11(3)13(16)17-4/h10-11H,5-9H2,1-4H3,(H,14,15). The topological polar surface area (TPSA) is 64.6 Å². The molecular formula is C13H25NO4S. The first-order chi connectivity index (χ1) is 8.97. The summed E-state index contributed by atoms with van der Waals surface area (Å²) in [6.07, 6.45) is 1.04. The number of thioether (sulfide) groups is 1. The number of nitrogens with one attached hydrogen (secondary N) is 1. The van der Waals surface area contributed by atoms with E-state index in [0.717, 1.165) is 6.42 Å². The highest BCUT2D eigenvalue weighted by Crippen LogP contribution is 2.09. The molecule has 112 valence electrons. The first-order valence-electron chi connectivity index (χ1n) is 6.51. The van der Waals surface area contributed by atoms with Gasteiger partial charge in [0.1, 0.15) is 0 Å². The molecule has 0 radical (unpaired) electrons. The molecule has 0 aromatic heterocycles. The van der Waals surface area contributed by atoms with Crippen molar-refractivity contribution in [3.63, 3.8) is 0 Å². The van der Waals surface area contributed by atoms with Gasteiger partial charge in [-0.25, -0.2) is 0 Å². The van der Waals surface area contributed by atoms with Gasteiger partial charge in [-0.05, 0) is 20.3 Å². The largest absolute Gasteiger partial charge is 0.469 e. The normalized spacial score (nSPS) is 12.3. The second-order valence-corrected chi connectivity index (χ2v) is 5.59. The number of hydrogen-bond donors (Lipinski definition) is 1.